The van der Waals surface area contributed by atoms with Crippen molar-refractivity contribution in [3.05, 3.63) is 63.7 Å². The van der Waals surface area contributed by atoms with Crippen LogP contribution in [0.3, 0.4) is 0 Å². The van der Waals surface area contributed by atoms with E-state index < -0.39 is 0 Å². The van der Waals surface area contributed by atoms with Crippen LogP contribution in [0.5, 0.6) is 0 Å². The molecule has 0 atom stereocenters. The predicted octanol–water partition coefficient (Wildman–Crippen LogP) is 3.18. The molecule has 0 aromatic carbocycles. The molecule has 0 N–H and O–H groups in total. The van der Waals surface area contributed by atoms with Crippen molar-refractivity contribution in [1.82, 2.24) is 0 Å². The normalized spacial score (nSPS) is 19.2. The molecule has 0 aliphatic heterocycles. The third kappa shape index (κ3) is 10.8. The van der Waals surface area contributed by atoms with Crippen molar-refractivity contribution >= 4 is 12.6 Å². The molecule has 0 unspecified atom stereocenters. The van der Waals surface area contributed by atoms with Crippen molar-refractivity contribution in [2.75, 3.05) is 5.75 Å². The third-order valence-electron chi connectivity index (χ3n) is 2.14. The number of hydrogen-bond donors (Lipinski definition) is 1. The molecule has 91 valence electrons. The minimum atomic E-state index is 0. The van der Waals surface area contributed by atoms with E-state index in [1.807, 2.05) is 0 Å². The zero-order chi connectivity index (χ0) is 12.2. The summed E-state index contributed by atoms with van der Waals surface area (Å²) in [7, 11) is 0. The monoisotopic (exact) mass is 293 g/mol. The maximum atomic E-state index is 4.16. The number of hydrogen-bond acceptors (Lipinski definition) is 1. The molecule has 0 amide bonds. The fourth-order valence-corrected chi connectivity index (χ4v) is 1.52. The van der Waals surface area contributed by atoms with E-state index in [9.17, 15) is 0 Å². The van der Waals surface area contributed by atoms with Crippen LogP contribution in [0.4, 0.5) is 0 Å². The first-order chi connectivity index (χ1) is 8.43. The average Bonchev–Trinajstić information content (AvgIpc) is 3.05. The van der Waals surface area contributed by atoms with Gasteiger partial charge in [-0.2, -0.15) is 12.6 Å². The van der Waals surface area contributed by atoms with E-state index in [-0.39, 0.29) is 17.1 Å². The van der Waals surface area contributed by atoms with Gasteiger partial charge in [-0.15, -0.1) is 0 Å². The van der Waals surface area contributed by atoms with E-state index >= 15 is 0 Å². The van der Waals surface area contributed by atoms with Crippen molar-refractivity contribution in [1.29, 1.82) is 0 Å². The van der Waals surface area contributed by atoms with Gasteiger partial charge in [0.05, 0.1) is 0 Å². The van der Waals surface area contributed by atoms with Gasteiger partial charge in [-0.1, -0.05) is 19.3 Å². The van der Waals surface area contributed by atoms with E-state index in [4.69, 9.17) is 0 Å². The minimum Gasteiger partial charge on any atom is -0.179 e. The molecule has 2 heteroatoms. The van der Waals surface area contributed by atoms with E-state index in [1.54, 1.807) is 0 Å². The SMILES string of the molecule is SCCCCCC[C]1[C][C][C][C]1.[C]1[C][C][C][C]1.[Fe]. The molecule has 2 aliphatic rings. The van der Waals surface area contributed by atoms with Gasteiger partial charge in [-0.05, 0) is 50.2 Å². The maximum absolute atomic E-state index is 4.16. The number of thiol groups is 1. The van der Waals surface area contributed by atoms with Gasteiger partial charge in [0.2, 0.25) is 0 Å². The summed E-state index contributed by atoms with van der Waals surface area (Å²) in [6, 6.07) is 0. The van der Waals surface area contributed by atoms with Crippen molar-refractivity contribution in [2.45, 2.75) is 32.1 Å². The number of rotatable bonds is 6. The molecule has 0 spiro atoms. The zero-order valence-electron chi connectivity index (χ0n) is 10.0. The molecule has 0 aromatic rings. The van der Waals surface area contributed by atoms with Crippen LogP contribution in [-0.2, 0) is 17.1 Å². The van der Waals surface area contributed by atoms with Crippen LogP contribution in [0.25, 0.3) is 0 Å². The van der Waals surface area contributed by atoms with Gasteiger partial charge in [0, 0.05) is 49.2 Å². The molecule has 2 fully saturated rings. The Morgan fingerprint density at radius 3 is 1.67 bits per heavy atom. The standard InChI is InChI=1S/C11H13S.C5.Fe/c12-10-6-2-1-3-7-11-8-4-5-9-11;1-2-4-5-3-1;/h12H,1-3,6-7,10H2;;. The largest absolute Gasteiger partial charge is 0.179 e. The third-order valence-corrected chi connectivity index (χ3v) is 2.45. The van der Waals surface area contributed by atoms with Crippen molar-refractivity contribution in [3.8, 4) is 0 Å². The predicted molar refractivity (Wildman–Crippen MR) is 69.4 cm³/mol. The van der Waals surface area contributed by atoms with Gasteiger partial charge < -0.3 is 0 Å². The average molecular weight is 293 g/mol. The Balaban J connectivity index is 0.000000405. The Labute approximate surface area is 131 Å². The Bertz CT molecular complexity index is 144. The van der Waals surface area contributed by atoms with Gasteiger partial charge >= 0.3 is 0 Å². The summed E-state index contributed by atoms with van der Waals surface area (Å²) >= 11 is 4.16. The van der Waals surface area contributed by atoms with Gasteiger partial charge in [0.15, 0.2) is 0 Å². The Hall–Kier alpha value is 0.869. The molecule has 0 aromatic heterocycles. The van der Waals surface area contributed by atoms with Crippen LogP contribution in [0, 0.1) is 63.7 Å². The van der Waals surface area contributed by atoms with E-state index in [0.29, 0.717) is 0 Å². The van der Waals surface area contributed by atoms with Crippen molar-refractivity contribution in [3.63, 3.8) is 0 Å². The quantitative estimate of drug-likeness (QED) is 0.434. The summed E-state index contributed by atoms with van der Waals surface area (Å²) in [4.78, 5) is 0. The molecule has 2 rings (SSSR count). The van der Waals surface area contributed by atoms with Crippen LogP contribution in [0.1, 0.15) is 32.1 Å². The first kappa shape index (κ1) is 18.9. The molecule has 2 aliphatic carbocycles. The van der Waals surface area contributed by atoms with Crippen LogP contribution in [0.15, 0.2) is 0 Å². The molecule has 2 saturated carbocycles. The molecule has 0 saturated heterocycles. The van der Waals surface area contributed by atoms with Gasteiger partial charge in [-0.3, -0.25) is 0 Å². The van der Waals surface area contributed by atoms with E-state index in [0.717, 1.165) is 18.1 Å². The summed E-state index contributed by atoms with van der Waals surface area (Å²) in [6.45, 7) is 0. The first-order valence-corrected chi connectivity index (χ1v) is 6.30. The summed E-state index contributed by atoms with van der Waals surface area (Å²) in [5, 5.41) is 0. The van der Waals surface area contributed by atoms with Crippen LogP contribution in [-0.4, -0.2) is 5.75 Å². The first-order valence-electron chi connectivity index (χ1n) is 5.67. The summed E-state index contributed by atoms with van der Waals surface area (Å²) in [5.74, 6) is 2.14. The second kappa shape index (κ2) is 14.3. The van der Waals surface area contributed by atoms with Crippen molar-refractivity contribution in [2.24, 2.45) is 0 Å². The maximum Gasteiger partial charge on any atom is 0 e. The van der Waals surface area contributed by atoms with Gasteiger partial charge in [0.1, 0.15) is 0 Å². The van der Waals surface area contributed by atoms with Crippen LogP contribution >= 0.6 is 12.6 Å². The summed E-state index contributed by atoms with van der Waals surface area (Å²) < 4.78 is 0. The van der Waals surface area contributed by atoms with Crippen molar-refractivity contribution < 1.29 is 17.1 Å². The van der Waals surface area contributed by atoms with Crippen LogP contribution < -0.4 is 0 Å². The molecule has 0 heterocycles. The Morgan fingerprint density at radius 2 is 1.17 bits per heavy atom. The zero-order valence-corrected chi connectivity index (χ0v) is 12.0. The second-order valence-electron chi connectivity index (χ2n) is 3.49. The Morgan fingerprint density at radius 1 is 0.667 bits per heavy atom. The minimum absolute atomic E-state index is 0. The van der Waals surface area contributed by atoms with Gasteiger partial charge in [0.25, 0.3) is 0 Å². The van der Waals surface area contributed by atoms with E-state index in [1.165, 1.54) is 25.7 Å². The molecule has 19 radical (unpaired) electrons. The topological polar surface area (TPSA) is 0 Å². The molecule has 0 nitrogen and oxygen atoms in total. The molecule has 0 bridgehead atoms. The summed E-state index contributed by atoms with van der Waals surface area (Å²) in [6.07, 6.45) is 30.1. The van der Waals surface area contributed by atoms with Crippen LogP contribution in [0.2, 0.25) is 0 Å². The molecular formula is C16H13FeS. The molecule has 18 heavy (non-hydrogen) atoms. The Kier molecular flexibility index (Phi) is 15.0. The van der Waals surface area contributed by atoms with E-state index in [2.05, 4.69) is 70.4 Å². The summed E-state index contributed by atoms with van der Waals surface area (Å²) in [5.41, 5.74) is 0. The number of unbranched alkanes of at least 4 members (excludes halogenated alkanes) is 3. The second-order valence-corrected chi connectivity index (χ2v) is 3.94. The fraction of sp³-hybridized carbons (Fsp3) is 0.375. The van der Waals surface area contributed by atoms with Gasteiger partial charge in [-0.25, -0.2) is 0 Å². The molecular weight excluding hydrogens is 280 g/mol. The fourth-order valence-electron chi connectivity index (χ4n) is 1.29. The smallest absolute Gasteiger partial charge is 0 e.